The van der Waals surface area contributed by atoms with Crippen LogP contribution in [-0.4, -0.2) is 49.0 Å². The molecule has 0 bridgehead atoms. The number of amides is 1. The topological polar surface area (TPSA) is 87.5 Å². The summed E-state index contributed by atoms with van der Waals surface area (Å²) in [5.74, 6) is -0.311. The molecule has 0 spiro atoms. The maximum absolute atomic E-state index is 11.7. The molecule has 0 aromatic heterocycles. The van der Waals surface area contributed by atoms with Crippen LogP contribution in [-0.2, 0) is 0 Å². The highest BCUT2D eigenvalue weighted by molar-refractivity contribution is 5.95. The molecule has 0 fully saturated rings. The summed E-state index contributed by atoms with van der Waals surface area (Å²) in [5.41, 5.74) is 0.612. The SMILES string of the molecule is CCNC(=O)c1ccc(NCC(C)N(C)C)c([N+](=O)[O-])c1. The van der Waals surface area contributed by atoms with Gasteiger partial charge in [0.05, 0.1) is 4.92 Å². The van der Waals surface area contributed by atoms with Gasteiger partial charge in [-0.3, -0.25) is 14.9 Å². The second-order valence-corrected chi connectivity index (χ2v) is 5.04. The second kappa shape index (κ2) is 7.58. The smallest absolute Gasteiger partial charge is 0.293 e. The third-order valence-corrected chi connectivity index (χ3v) is 3.26. The number of carbonyl (C=O) groups is 1. The molecule has 7 nitrogen and oxygen atoms in total. The van der Waals surface area contributed by atoms with Gasteiger partial charge in [0.2, 0.25) is 0 Å². The fourth-order valence-electron chi connectivity index (χ4n) is 1.68. The van der Waals surface area contributed by atoms with Gasteiger partial charge in [-0.25, -0.2) is 0 Å². The summed E-state index contributed by atoms with van der Waals surface area (Å²) in [6.45, 7) is 4.87. The van der Waals surface area contributed by atoms with Crippen LogP contribution in [0, 0.1) is 10.1 Å². The van der Waals surface area contributed by atoms with Crippen LogP contribution in [0.2, 0.25) is 0 Å². The lowest BCUT2D eigenvalue weighted by atomic mass is 10.1. The predicted molar refractivity (Wildman–Crippen MR) is 82.7 cm³/mol. The zero-order chi connectivity index (χ0) is 16.0. The van der Waals surface area contributed by atoms with Gasteiger partial charge < -0.3 is 15.5 Å². The van der Waals surface area contributed by atoms with Crippen LogP contribution in [0.25, 0.3) is 0 Å². The highest BCUT2D eigenvalue weighted by Crippen LogP contribution is 2.25. The van der Waals surface area contributed by atoms with E-state index in [1.54, 1.807) is 19.1 Å². The number of rotatable bonds is 7. The number of nitro benzene ring substituents is 1. The summed E-state index contributed by atoms with van der Waals surface area (Å²) in [4.78, 5) is 24.4. The molecule has 7 heteroatoms. The van der Waals surface area contributed by atoms with E-state index in [4.69, 9.17) is 0 Å². The van der Waals surface area contributed by atoms with Gasteiger partial charge in [-0.2, -0.15) is 0 Å². The Morgan fingerprint density at radius 3 is 2.62 bits per heavy atom. The van der Waals surface area contributed by atoms with Crippen LogP contribution < -0.4 is 10.6 Å². The minimum atomic E-state index is -0.481. The Balaban J connectivity index is 2.94. The Kier molecular flexibility index (Phi) is 6.10. The van der Waals surface area contributed by atoms with E-state index in [1.807, 2.05) is 25.9 Å². The Hall–Kier alpha value is -2.15. The molecular weight excluding hydrogens is 272 g/mol. The minimum absolute atomic E-state index is 0.0929. The first-order valence-corrected chi connectivity index (χ1v) is 6.83. The van der Waals surface area contributed by atoms with Crippen LogP contribution >= 0.6 is 0 Å². The molecule has 0 aliphatic rings. The molecule has 1 rings (SSSR count). The van der Waals surface area contributed by atoms with Crippen molar-refractivity contribution in [2.45, 2.75) is 19.9 Å². The van der Waals surface area contributed by atoms with E-state index in [1.165, 1.54) is 6.07 Å². The molecule has 21 heavy (non-hydrogen) atoms. The first-order valence-electron chi connectivity index (χ1n) is 6.83. The summed E-state index contributed by atoms with van der Waals surface area (Å²) >= 11 is 0. The number of nitrogens with one attached hydrogen (secondary N) is 2. The van der Waals surface area contributed by atoms with Gasteiger partial charge >= 0.3 is 0 Å². The average Bonchev–Trinajstić information content (AvgIpc) is 2.44. The van der Waals surface area contributed by atoms with Gasteiger partial charge in [0.25, 0.3) is 11.6 Å². The van der Waals surface area contributed by atoms with E-state index >= 15 is 0 Å². The summed E-state index contributed by atoms with van der Waals surface area (Å²) in [7, 11) is 3.89. The number of anilines is 1. The molecule has 1 aromatic rings. The summed E-state index contributed by atoms with van der Waals surface area (Å²) in [6.07, 6.45) is 0. The van der Waals surface area contributed by atoms with Gasteiger partial charge in [0.1, 0.15) is 5.69 Å². The van der Waals surface area contributed by atoms with Crippen LogP contribution in [0.15, 0.2) is 18.2 Å². The van der Waals surface area contributed by atoms with Crippen molar-refractivity contribution < 1.29 is 9.72 Å². The highest BCUT2D eigenvalue weighted by Gasteiger charge is 2.18. The number of likely N-dealkylation sites (N-methyl/N-ethyl adjacent to an activating group) is 1. The van der Waals surface area contributed by atoms with Crippen molar-refractivity contribution in [1.82, 2.24) is 10.2 Å². The fourth-order valence-corrected chi connectivity index (χ4v) is 1.68. The summed E-state index contributed by atoms with van der Waals surface area (Å²) in [5, 5.41) is 16.8. The molecular formula is C14H22N4O3. The molecule has 1 aromatic carbocycles. The van der Waals surface area contributed by atoms with Crippen LogP contribution in [0.5, 0.6) is 0 Å². The minimum Gasteiger partial charge on any atom is -0.378 e. The van der Waals surface area contributed by atoms with Crippen molar-refractivity contribution in [2.75, 3.05) is 32.5 Å². The summed E-state index contributed by atoms with van der Waals surface area (Å²) < 4.78 is 0. The molecule has 0 radical (unpaired) electrons. The third kappa shape index (κ3) is 4.71. The normalized spacial score (nSPS) is 12.0. The van der Waals surface area contributed by atoms with E-state index < -0.39 is 4.92 Å². The second-order valence-electron chi connectivity index (χ2n) is 5.04. The molecule has 2 N–H and O–H groups in total. The van der Waals surface area contributed by atoms with Crippen LogP contribution in [0.4, 0.5) is 11.4 Å². The van der Waals surface area contributed by atoms with Crippen molar-refractivity contribution >= 4 is 17.3 Å². The highest BCUT2D eigenvalue weighted by atomic mass is 16.6. The lowest BCUT2D eigenvalue weighted by Crippen LogP contribution is -2.31. The molecule has 1 atom stereocenters. The molecule has 0 aliphatic heterocycles. The monoisotopic (exact) mass is 294 g/mol. The number of nitro groups is 1. The Bertz CT molecular complexity index is 517. The quantitative estimate of drug-likeness (QED) is 0.590. The van der Waals surface area contributed by atoms with Gasteiger partial charge in [-0.1, -0.05) is 0 Å². The van der Waals surface area contributed by atoms with E-state index in [0.717, 1.165) is 0 Å². The van der Waals surface area contributed by atoms with Crippen molar-refractivity contribution in [3.8, 4) is 0 Å². The standard InChI is InChI=1S/C14H22N4O3/c1-5-15-14(19)11-6-7-12(13(8-11)18(20)21)16-9-10(2)17(3)4/h6-8,10,16H,5,9H2,1-4H3,(H,15,19). The number of hydrogen-bond acceptors (Lipinski definition) is 5. The fraction of sp³-hybridized carbons (Fsp3) is 0.500. The molecule has 1 unspecified atom stereocenters. The van der Waals surface area contributed by atoms with Gasteiger partial charge in [0, 0.05) is 30.8 Å². The van der Waals surface area contributed by atoms with Crippen molar-refractivity contribution in [3.63, 3.8) is 0 Å². The van der Waals surface area contributed by atoms with E-state index in [0.29, 0.717) is 18.8 Å². The Morgan fingerprint density at radius 2 is 2.10 bits per heavy atom. The molecule has 0 saturated heterocycles. The zero-order valence-electron chi connectivity index (χ0n) is 12.8. The number of nitrogens with zero attached hydrogens (tertiary/aromatic N) is 2. The number of benzene rings is 1. The maximum Gasteiger partial charge on any atom is 0.293 e. The summed E-state index contributed by atoms with van der Waals surface area (Å²) in [6, 6.07) is 4.69. The van der Waals surface area contributed by atoms with E-state index in [2.05, 4.69) is 10.6 Å². The first-order chi connectivity index (χ1) is 9.86. The van der Waals surface area contributed by atoms with Gasteiger partial charge in [0.15, 0.2) is 0 Å². The van der Waals surface area contributed by atoms with Crippen LogP contribution in [0.1, 0.15) is 24.2 Å². The maximum atomic E-state index is 11.7. The molecule has 1 amide bonds. The van der Waals surface area contributed by atoms with Gasteiger partial charge in [-0.15, -0.1) is 0 Å². The van der Waals surface area contributed by atoms with E-state index in [-0.39, 0.29) is 23.2 Å². The van der Waals surface area contributed by atoms with Crippen molar-refractivity contribution in [2.24, 2.45) is 0 Å². The molecule has 0 heterocycles. The lowest BCUT2D eigenvalue weighted by molar-refractivity contribution is -0.384. The van der Waals surface area contributed by atoms with Crippen LogP contribution in [0.3, 0.4) is 0 Å². The average molecular weight is 294 g/mol. The molecule has 0 saturated carbocycles. The third-order valence-electron chi connectivity index (χ3n) is 3.26. The van der Waals surface area contributed by atoms with Crippen molar-refractivity contribution in [3.05, 3.63) is 33.9 Å². The van der Waals surface area contributed by atoms with Crippen molar-refractivity contribution in [1.29, 1.82) is 0 Å². The number of carbonyl (C=O) groups excluding carboxylic acids is 1. The Morgan fingerprint density at radius 1 is 1.43 bits per heavy atom. The Labute approximate surface area is 124 Å². The van der Waals surface area contributed by atoms with E-state index in [9.17, 15) is 14.9 Å². The largest absolute Gasteiger partial charge is 0.378 e. The number of hydrogen-bond donors (Lipinski definition) is 2. The van der Waals surface area contributed by atoms with Gasteiger partial charge in [-0.05, 0) is 40.1 Å². The molecule has 116 valence electrons. The molecule has 0 aliphatic carbocycles. The lowest BCUT2D eigenvalue weighted by Gasteiger charge is -2.20. The first kappa shape index (κ1) is 16.9. The zero-order valence-corrected chi connectivity index (χ0v) is 12.8. The predicted octanol–water partition coefficient (Wildman–Crippen LogP) is 1.71.